The Morgan fingerprint density at radius 1 is 1.20 bits per heavy atom. The van der Waals surface area contributed by atoms with Crippen LogP contribution in [0.5, 0.6) is 0 Å². The van der Waals surface area contributed by atoms with Crippen molar-refractivity contribution in [1.82, 2.24) is 5.32 Å². The van der Waals surface area contributed by atoms with E-state index in [4.69, 9.17) is 0 Å². The minimum absolute atomic E-state index is 0.105. The number of nitrogens with one attached hydrogen (secondary N) is 1. The van der Waals surface area contributed by atoms with Gasteiger partial charge in [-0.25, -0.2) is 8.42 Å². The van der Waals surface area contributed by atoms with E-state index in [1.165, 1.54) is 0 Å². The van der Waals surface area contributed by atoms with Gasteiger partial charge in [0.05, 0.1) is 10.1 Å². The van der Waals surface area contributed by atoms with Crippen molar-refractivity contribution < 1.29 is 8.42 Å². The zero-order valence-electron chi connectivity index (χ0n) is 12.4. The number of sulfone groups is 1. The van der Waals surface area contributed by atoms with Crippen molar-refractivity contribution in [3.8, 4) is 0 Å². The first-order valence-electron chi connectivity index (χ1n) is 7.60. The molecule has 0 bridgehead atoms. The largest absolute Gasteiger partial charge is 0.313 e. The predicted octanol–water partition coefficient (Wildman–Crippen LogP) is 3.08. The molecule has 0 aromatic heterocycles. The normalized spacial score (nSPS) is 23.7. The van der Waals surface area contributed by atoms with Gasteiger partial charge in [0, 0.05) is 6.04 Å². The van der Waals surface area contributed by atoms with Crippen LogP contribution in [0.4, 0.5) is 0 Å². The third-order valence-electron chi connectivity index (χ3n) is 4.16. The van der Waals surface area contributed by atoms with E-state index in [1.807, 2.05) is 25.1 Å². The molecule has 112 valence electrons. The zero-order valence-corrected chi connectivity index (χ0v) is 13.2. The molecule has 1 aromatic rings. The molecule has 2 unspecified atom stereocenters. The van der Waals surface area contributed by atoms with Crippen LogP contribution in [-0.4, -0.2) is 26.3 Å². The van der Waals surface area contributed by atoms with Gasteiger partial charge in [-0.05, 0) is 44.4 Å². The summed E-state index contributed by atoms with van der Waals surface area (Å²) in [7, 11) is -3.23. The van der Waals surface area contributed by atoms with Crippen LogP contribution in [0.25, 0.3) is 0 Å². The summed E-state index contributed by atoms with van der Waals surface area (Å²) in [5.41, 5.74) is 0.854. The molecule has 2 atom stereocenters. The van der Waals surface area contributed by atoms with E-state index in [9.17, 15) is 8.42 Å². The lowest BCUT2D eigenvalue weighted by Crippen LogP contribution is -2.46. The van der Waals surface area contributed by atoms with Gasteiger partial charge in [-0.2, -0.15) is 0 Å². The Kier molecular flexibility index (Phi) is 5.22. The fraction of sp³-hybridized carbons (Fsp3) is 0.625. The molecule has 3 nitrogen and oxygen atoms in total. The van der Waals surface area contributed by atoms with E-state index in [1.54, 1.807) is 6.07 Å². The Morgan fingerprint density at radius 3 is 2.60 bits per heavy atom. The van der Waals surface area contributed by atoms with E-state index >= 15 is 0 Å². The minimum atomic E-state index is -3.23. The summed E-state index contributed by atoms with van der Waals surface area (Å²) in [6.07, 6.45) is 4.92. The van der Waals surface area contributed by atoms with Crippen molar-refractivity contribution in [3.63, 3.8) is 0 Å². The van der Waals surface area contributed by atoms with E-state index < -0.39 is 9.84 Å². The minimum Gasteiger partial charge on any atom is -0.313 e. The molecule has 0 radical (unpaired) electrons. The third kappa shape index (κ3) is 3.23. The van der Waals surface area contributed by atoms with E-state index in [0.29, 0.717) is 4.90 Å². The molecule has 1 saturated carbocycles. The number of rotatable bonds is 5. The van der Waals surface area contributed by atoms with Gasteiger partial charge in [-0.1, -0.05) is 38.0 Å². The molecule has 1 fully saturated rings. The van der Waals surface area contributed by atoms with E-state index in [2.05, 4.69) is 12.2 Å². The first kappa shape index (κ1) is 15.5. The van der Waals surface area contributed by atoms with Crippen molar-refractivity contribution in [1.29, 1.82) is 0 Å². The summed E-state index contributed by atoms with van der Waals surface area (Å²) in [6.45, 7) is 4.88. The zero-order chi connectivity index (χ0) is 14.6. The molecule has 20 heavy (non-hydrogen) atoms. The lowest BCUT2D eigenvalue weighted by atomic mass is 9.95. The molecule has 0 amide bonds. The average molecular weight is 295 g/mol. The lowest BCUT2D eigenvalue weighted by molar-refractivity contribution is 0.371. The lowest BCUT2D eigenvalue weighted by Gasteiger charge is -2.32. The molecular formula is C16H25NO2S. The second-order valence-corrected chi connectivity index (χ2v) is 7.83. The van der Waals surface area contributed by atoms with Crippen LogP contribution < -0.4 is 5.32 Å². The highest BCUT2D eigenvalue weighted by molar-refractivity contribution is 7.92. The van der Waals surface area contributed by atoms with Gasteiger partial charge in [-0.3, -0.25) is 0 Å². The first-order valence-corrected chi connectivity index (χ1v) is 9.15. The SMILES string of the molecule is CCCNC1CCCCC1S(=O)(=O)c1ccccc1C. The van der Waals surface area contributed by atoms with E-state index in [-0.39, 0.29) is 11.3 Å². The molecule has 1 aliphatic carbocycles. The third-order valence-corrected chi connectivity index (χ3v) is 6.59. The second kappa shape index (κ2) is 6.72. The van der Waals surface area contributed by atoms with Crippen molar-refractivity contribution >= 4 is 9.84 Å². The number of hydrogen-bond donors (Lipinski definition) is 1. The van der Waals surface area contributed by atoms with Crippen molar-refractivity contribution in [2.45, 2.75) is 62.1 Å². The van der Waals surface area contributed by atoms with Crippen molar-refractivity contribution in [3.05, 3.63) is 29.8 Å². The quantitative estimate of drug-likeness (QED) is 0.908. The summed E-state index contributed by atoms with van der Waals surface area (Å²) in [5.74, 6) is 0. The second-order valence-electron chi connectivity index (χ2n) is 5.69. The Bertz CT molecular complexity index is 539. The average Bonchev–Trinajstić information content (AvgIpc) is 2.45. The van der Waals surface area contributed by atoms with Crippen LogP contribution in [0.15, 0.2) is 29.2 Å². The van der Waals surface area contributed by atoms with Gasteiger partial charge in [0.2, 0.25) is 0 Å². The molecular weight excluding hydrogens is 270 g/mol. The molecule has 1 N–H and O–H groups in total. The highest BCUT2D eigenvalue weighted by atomic mass is 32.2. The first-order chi connectivity index (χ1) is 9.57. The van der Waals surface area contributed by atoms with Crippen molar-refractivity contribution in [2.24, 2.45) is 0 Å². The molecule has 1 aromatic carbocycles. The highest BCUT2D eigenvalue weighted by Gasteiger charge is 2.36. The number of hydrogen-bond acceptors (Lipinski definition) is 3. The van der Waals surface area contributed by atoms with Gasteiger partial charge in [0.25, 0.3) is 0 Å². The van der Waals surface area contributed by atoms with Crippen LogP contribution in [0.3, 0.4) is 0 Å². The predicted molar refractivity (Wildman–Crippen MR) is 82.7 cm³/mol. The Hall–Kier alpha value is -0.870. The summed E-state index contributed by atoms with van der Waals surface area (Å²) >= 11 is 0. The highest BCUT2D eigenvalue weighted by Crippen LogP contribution is 2.30. The van der Waals surface area contributed by atoms with Crippen LogP contribution in [-0.2, 0) is 9.84 Å². The summed E-state index contributed by atoms with van der Waals surface area (Å²) in [5, 5.41) is 3.16. The van der Waals surface area contributed by atoms with Gasteiger partial charge in [0.15, 0.2) is 9.84 Å². The Morgan fingerprint density at radius 2 is 1.90 bits per heavy atom. The van der Waals surface area contributed by atoms with E-state index in [0.717, 1.165) is 44.2 Å². The van der Waals surface area contributed by atoms with Gasteiger partial charge in [-0.15, -0.1) is 0 Å². The molecule has 2 rings (SSSR count). The molecule has 0 aliphatic heterocycles. The fourth-order valence-corrected chi connectivity index (χ4v) is 5.32. The maximum atomic E-state index is 12.9. The smallest absolute Gasteiger partial charge is 0.183 e. The maximum absolute atomic E-state index is 12.9. The molecule has 0 heterocycles. The monoisotopic (exact) mass is 295 g/mol. The standard InChI is InChI=1S/C16H25NO2S/c1-3-12-17-14-9-5-7-11-16(14)20(18,19)15-10-6-4-8-13(15)2/h4,6,8,10,14,16-17H,3,5,7,9,11-12H2,1-2H3. The van der Waals surface area contributed by atoms with Crippen LogP contribution in [0.1, 0.15) is 44.6 Å². The summed E-state index contributed by atoms with van der Waals surface area (Å²) in [6, 6.07) is 7.44. The molecule has 0 saturated heterocycles. The number of benzene rings is 1. The Balaban J connectivity index is 2.28. The van der Waals surface area contributed by atoms with Gasteiger partial charge in [0.1, 0.15) is 0 Å². The number of aryl methyl sites for hydroxylation is 1. The van der Waals surface area contributed by atoms with Crippen LogP contribution in [0.2, 0.25) is 0 Å². The van der Waals surface area contributed by atoms with Crippen molar-refractivity contribution in [2.75, 3.05) is 6.54 Å². The van der Waals surface area contributed by atoms with Crippen LogP contribution >= 0.6 is 0 Å². The van der Waals surface area contributed by atoms with Gasteiger partial charge < -0.3 is 5.32 Å². The summed E-state index contributed by atoms with van der Waals surface area (Å²) < 4.78 is 25.9. The summed E-state index contributed by atoms with van der Waals surface area (Å²) in [4.78, 5) is 0.509. The van der Waals surface area contributed by atoms with Crippen LogP contribution in [0, 0.1) is 6.92 Å². The molecule has 4 heteroatoms. The Labute approximate surface area is 122 Å². The van der Waals surface area contributed by atoms with Gasteiger partial charge >= 0.3 is 0 Å². The maximum Gasteiger partial charge on any atom is 0.183 e. The molecule has 0 spiro atoms. The fourth-order valence-electron chi connectivity index (χ4n) is 3.07. The molecule has 1 aliphatic rings. The topological polar surface area (TPSA) is 46.2 Å².